The molecule has 6 aromatic carbocycles. The first-order valence-corrected chi connectivity index (χ1v) is 24.6. The fraction of sp³-hybridized carbons (Fsp3) is 0.269. The fourth-order valence-corrected chi connectivity index (χ4v) is 15.6. The molecule has 316 valence electrons. The molecule has 6 rings (SSSR count). The Hall–Kier alpha value is -4.96. The van der Waals surface area contributed by atoms with Gasteiger partial charge in [0.1, 0.15) is 46.4 Å². The third kappa shape index (κ3) is 14.6. The van der Waals surface area contributed by atoms with E-state index < -0.39 is 26.5 Å². The number of rotatable bonds is 14. The van der Waals surface area contributed by atoms with Crippen molar-refractivity contribution in [2.75, 3.05) is 39.5 Å². The van der Waals surface area contributed by atoms with Crippen LogP contribution in [0, 0.1) is 0 Å². The molecule has 0 N–H and O–H groups in total. The van der Waals surface area contributed by atoms with Crippen LogP contribution in [0.15, 0.2) is 182 Å². The van der Waals surface area contributed by atoms with Gasteiger partial charge in [-0.1, -0.05) is 109 Å². The maximum atomic E-state index is 8.89. The number of benzene rings is 6. The molecule has 0 saturated carbocycles. The molecule has 6 nitrogen and oxygen atoms in total. The van der Waals surface area contributed by atoms with Gasteiger partial charge in [0.15, 0.2) is 0 Å². The highest BCUT2D eigenvalue weighted by Crippen LogP contribution is 2.56. The van der Waals surface area contributed by atoms with Crippen LogP contribution in [-0.4, -0.2) is 73.3 Å². The van der Waals surface area contributed by atoms with Gasteiger partial charge in [-0.2, -0.15) is 0 Å². The summed E-state index contributed by atoms with van der Waals surface area (Å²) in [5, 5.41) is 26.6. The van der Waals surface area contributed by atoms with Gasteiger partial charge >= 0.3 is 0 Å². The molecule has 0 fully saturated rings. The van der Waals surface area contributed by atoms with Crippen molar-refractivity contribution in [3.05, 3.63) is 182 Å². The van der Waals surface area contributed by atoms with Crippen molar-refractivity contribution in [2.24, 2.45) is 0 Å². The number of carbonyl (C=O) groups is 2. The van der Waals surface area contributed by atoms with E-state index in [9.17, 15) is 0 Å². The van der Waals surface area contributed by atoms with Crippen molar-refractivity contribution in [2.45, 2.75) is 53.6 Å². The average molecular weight is 843 g/mol. The second-order valence-corrected chi connectivity index (χ2v) is 22.4. The van der Waals surface area contributed by atoms with Crippen LogP contribution < -0.4 is 42.0 Å². The van der Waals surface area contributed by atoms with E-state index in [1.165, 1.54) is 31.8 Å². The predicted molar refractivity (Wildman–Crippen MR) is 257 cm³/mol. The molecule has 0 atom stereocenters. The quantitative estimate of drug-likeness (QED) is 0.122. The van der Waals surface area contributed by atoms with Gasteiger partial charge in [-0.3, -0.25) is 0 Å². The molecule has 0 spiro atoms. The molecular formula is C52H64N2O4P2. The second-order valence-electron chi connectivity index (χ2n) is 15.2. The molecule has 0 aliphatic carbocycles. The Balaban J connectivity index is 0.000000272. The van der Waals surface area contributed by atoms with Crippen LogP contribution in [0.25, 0.3) is 0 Å². The van der Waals surface area contributed by atoms with Crippen LogP contribution in [0.5, 0.6) is 0 Å². The van der Waals surface area contributed by atoms with E-state index in [2.05, 4.69) is 234 Å². The number of nitrogens with zero attached hydrogens (tertiary/aromatic N) is 2. The molecule has 0 amide bonds. The topological polar surface area (TPSA) is 86.7 Å². The summed E-state index contributed by atoms with van der Waals surface area (Å²) in [4.78, 5) is 22.7. The first-order chi connectivity index (χ1) is 28.7. The monoisotopic (exact) mass is 842 g/mol. The number of hydrogen-bond acceptors (Lipinski definition) is 6. The summed E-state index contributed by atoms with van der Waals surface area (Å²) in [5.74, 6) is -2.17. The standard InChI is InChI=1S/2C24H29NP.2C2H4O2/c2*1-21(2)25(3)19-20-26(22-13-7-4-8-14-22,23-15-9-5-10-16-23)24-17-11-6-12-18-24;2*1-2(3)4/h2*4-18,21H,19-20H2,1-3H3;2*1H3,(H,3,4)/q2*+1;;/p-2. The van der Waals surface area contributed by atoms with Crippen molar-refractivity contribution in [1.82, 2.24) is 9.80 Å². The zero-order valence-corrected chi connectivity index (χ0v) is 38.5. The van der Waals surface area contributed by atoms with Gasteiger partial charge in [0.25, 0.3) is 0 Å². The van der Waals surface area contributed by atoms with Crippen molar-refractivity contribution < 1.29 is 19.8 Å². The molecule has 0 bridgehead atoms. The maximum Gasteiger partial charge on any atom is 0.113 e. The van der Waals surface area contributed by atoms with Crippen molar-refractivity contribution in [1.29, 1.82) is 0 Å². The zero-order valence-electron chi connectivity index (χ0n) is 36.7. The summed E-state index contributed by atoms with van der Waals surface area (Å²) in [6.07, 6.45) is 2.30. The largest absolute Gasteiger partial charge is 0.550 e. The number of aliphatic carboxylic acids is 2. The number of hydrogen-bond donors (Lipinski definition) is 0. The van der Waals surface area contributed by atoms with Crippen LogP contribution >= 0.6 is 14.5 Å². The van der Waals surface area contributed by atoms with E-state index in [1.807, 2.05) is 0 Å². The molecule has 0 unspecified atom stereocenters. The summed E-state index contributed by atoms with van der Waals surface area (Å²) in [7, 11) is 1.10. The van der Waals surface area contributed by atoms with Gasteiger partial charge in [0.2, 0.25) is 0 Å². The SMILES string of the molecule is CC(=O)[O-].CC(=O)[O-].CC(C)N(C)CC[P+](c1ccccc1)(c1ccccc1)c1ccccc1.CC(C)N(C)CC[P+](c1ccccc1)(c1ccccc1)c1ccccc1. The number of carboxylic acid groups (broad SMARTS) is 2. The Morgan fingerprint density at radius 2 is 0.550 bits per heavy atom. The van der Waals surface area contributed by atoms with Crippen LogP contribution in [0.4, 0.5) is 0 Å². The summed E-state index contributed by atoms with van der Waals surface area (Å²) >= 11 is 0. The molecule has 0 radical (unpaired) electrons. The summed E-state index contributed by atoms with van der Waals surface area (Å²) < 4.78 is 0. The lowest BCUT2D eigenvalue weighted by Gasteiger charge is -2.30. The summed E-state index contributed by atoms with van der Waals surface area (Å²) in [5.41, 5.74) is 0. The summed E-state index contributed by atoms with van der Waals surface area (Å²) in [6, 6.07) is 67.9. The molecule has 0 heterocycles. The smallest absolute Gasteiger partial charge is 0.113 e. The lowest BCUT2D eigenvalue weighted by atomic mass is 10.3. The third-order valence-electron chi connectivity index (χ3n) is 10.5. The van der Waals surface area contributed by atoms with Crippen molar-refractivity contribution in [3.63, 3.8) is 0 Å². The first-order valence-electron chi connectivity index (χ1n) is 20.6. The van der Waals surface area contributed by atoms with Crippen LogP contribution in [-0.2, 0) is 9.59 Å². The van der Waals surface area contributed by atoms with Gasteiger partial charge in [-0.15, -0.1) is 0 Å². The van der Waals surface area contributed by atoms with E-state index in [0.29, 0.717) is 12.1 Å². The van der Waals surface area contributed by atoms with Crippen molar-refractivity contribution >= 4 is 58.3 Å². The highest BCUT2D eigenvalue weighted by molar-refractivity contribution is 7.96. The lowest BCUT2D eigenvalue weighted by Crippen LogP contribution is -2.38. The van der Waals surface area contributed by atoms with E-state index in [1.54, 1.807) is 0 Å². The molecule has 0 saturated heterocycles. The van der Waals surface area contributed by atoms with Gasteiger partial charge in [0, 0.05) is 37.1 Å². The summed E-state index contributed by atoms with van der Waals surface area (Å²) in [6.45, 7) is 13.2. The first kappa shape index (κ1) is 49.4. The van der Waals surface area contributed by atoms with E-state index >= 15 is 0 Å². The van der Waals surface area contributed by atoms with E-state index in [-0.39, 0.29) is 0 Å². The zero-order chi connectivity index (χ0) is 44.0. The van der Waals surface area contributed by atoms with Gasteiger partial charge in [-0.25, -0.2) is 0 Å². The number of carboxylic acids is 2. The van der Waals surface area contributed by atoms with Crippen LogP contribution in [0.1, 0.15) is 41.5 Å². The molecule has 60 heavy (non-hydrogen) atoms. The lowest BCUT2D eigenvalue weighted by molar-refractivity contribution is -0.303. The van der Waals surface area contributed by atoms with Crippen LogP contribution in [0.2, 0.25) is 0 Å². The Labute approximate surface area is 361 Å². The molecule has 0 aliphatic heterocycles. The Morgan fingerprint density at radius 1 is 0.400 bits per heavy atom. The van der Waals surface area contributed by atoms with Crippen molar-refractivity contribution in [3.8, 4) is 0 Å². The second kappa shape index (κ2) is 25.6. The molecule has 6 aromatic rings. The highest BCUT2D eigenvalue weighted by atomic mass is 31.2. The highest BCUT2D eigenvalue weighted by Gasteiger charge is 2.46. The molecular weight excluding hydrogens is 779 g/mol. The Bertz CT molecular complexity index is 1720. The number of carbonyl (C=O) groups excluding carboxylic acids is 2. The average Bonchev–Trinajstić information content (AvgIpc) is 3.26. The van der Waals surface area contributed by atoms with E-state index in [4.69, 9.17) is 19.8 Å². The fourth-order valence-electron chi connectivity index (χ4n) is 6.90. The Kier molecular flexibility index (Phi) is 21.1. The minimum absolute atomic E-state index is 0.555. The predicted octanol–water partition coefficient (Wildman–Crippen LogP) is 6.15. The normalized spacial score (nSPS) is 11.1. The Morgan fingerprint density at radius 3 is 0.683 bits per heavy atom. The van der Waals surface area contributed by atoms with Crippen LogP contribution in [0.3, 0.4) is 0 Å². The molecule has 0 aliphatic rings. The van der Waals surface area contributed by atoms with Gasteiger partial charge < -0.3 is 29.6 Å². The minimum Gasteiger partial charge on any atom is -0.550 e. The maximum absolute atomic E-state index is 8.89. The molecule has 8 heteroatoms. The van der Waals surface area contributed by atoms with E-state index in [0.717, 1.165) is 39.3 Å². The third-order valence-corrected chi connectivity index (χ3v) is 19.3. The van der Waals surface area contributed by atoms with Gasteiger partial charge in [0.05, 0.1) is 12.3 Å². The van der Waals surface area contributed by atoms with Gasteiger partial charge in [-0.05, 0) is 128 Å². The minimum atomic E-state index is -1.69. The molecule has 0 aromatic heterocycles.